The van der Waals surface area contributed by atoms with Crippen molar-refractivity contribution in [2.45, 2.75) is 32.2 Å². The van der Waals surface area contributed by atoms with Crippen LogP contribution in [-0.2, 0) is 6.42 Å². The predicted molar refractivity (Wildman–Crippen MR) is 78.5 cm³/mol. The summed E-state index contributed by atoms with van der Waals surface area (Å²) in [6.07, 6.45) is 5.29. The second-order valence-electron chi connectivity index (χ2n) is 5.15. The van der Waals surface area contributed by atoms with Crippen LogP contribution < -0.4 is 5.32 Å². The molecule has 0 bridgehead atoms. The molecule has 2 N–H and O–H groups in total. The van der Waals surface area contributed by atoms with Crippen molar-refractivity contribution in [3.8, 4) is 17.1 Å². The Balaban J connectivity index is 1.94. The van der Waals surface area contributed by atoms with E-state index >= 15 is 0 Å². The first-order chi connectivity index (χ1) is 9.78. The number of phenolic OH excluding ortho intramolecular Hbond substituents is 1. The van der Waals surface area contributed by atoms with Crippen molar-refractivity contribution in [3.05, 3.63) is 41.7 Å². The standard InChI is InChI=1S/C16H19N3O/c1-2-17-14-4-3-5-15-13(14)10-18-16(19-15)11-6-8-12(20)9-7-11/h6-10,14,17,20H,2-5H2,1H3. The van der Waals surface area contributed by atoms with Crippen molar-refractivity contribution in [1.29, 1.82) is 0 Å². The van der Waals surface area contributed by atoms with Gasteiger partial charge in [0, 0.05) is 29.1 Å². The maximum atomic E-state index is 9.34. The molecule has 0 saturated heterocycles. The molecular weight excluding hydrogens is 250 g/mol. The molecule has 104 valence electrons. The Morgan fingerprint density at radius 1 is 1.30 bits per heavy atom. The Morgan fingerprint density at radius 3 is 2.85 bits per heavy atom. The fourth-order valence-corrected chi connectivity index (χ4v) is 2.75. The summed E-state index contributed by atoms with van der Waals surface area (Å²) in [7, 11) is 0. The highest BCUT2D eigenvalue weighted by Crippen LogP contribution is 2.29. The Hall–Kier alpha value is -1.94. The van der Waals surface area contributed by atoms with Crippen LogP contribution in [0.1, 0.15) is 37.1 Å². The Morgan fingerprint density at radius 2 is 2.10 bits per heavy atom. The van der Waals surface area contributed by atoms with Gasteiger partial charge in [-0.15, -0.1) is 0 Å². The van der Waals surface area contributed by atoms with Gasteiger partial charge in [-0.1, -0.05) is 6.92 Å². The number of phenols is 1. The van der Waals surface area contributed by atoms with E-state index in [1.807, 2.05) is 18.3 Å². The van der Waals surface area contributed by atoms with Crippen molar-refractivity contribution in [3.63, 3.8) is 0 Å². The fraction of sp³-hybridized carbons (Fsp3) is 0.375. The molecule has 20 heavy (non-hydrogen) atoms. The first-order valence-corrected chi connectivity index (χ1v) is 7.16. The number of benzene rings is 1. The quantitative estimate of drug-likeness (QED) is 0.899. The van der Waals surface area contributed by atoms with Gasteiger partial charge in [0.2, 0.25) is 0 Å². The van der Waals surface area contributed by atoms with E-state index in [4.69, 9.17) is 4.98 Å². The maximum absolute atomic E-state index is 9.34. The highest BCUT2D eigenvalue weighted by molar-refractivity contribution is 5.56. The summed E-state index contributed by atoms with van der Waals surface area (Å²) in [4.78, 5) is 9.20. The van der Waals surface area contributed by atoms with Crippen LogP contribution in [0.25, 0.3) is 11.4 Å². The lowest BCUT2D eigenvalue weighted by atomic mass is 9.92. The second kappa shape index (κ2) is 5.59. The number of hydrogen-bond acceptors (Lipinski definition) is 4. The monoisotopic (exact) mass is 269 g/mol. The lowest BCUT2D eigenvalue weighted by molar-refractivity contribution is 0.464. The van der Waals surface area contributed by atoms with E-state index in [0.717, 1.165) is 42.9 Å². The molecule has 0 spiro atoms. The van der Waals surface area contributed by atoms with Gasteiger partial charge in [-0.3, -0.25) is 0 Å². The van der Waals surface area contributed by atoms with E-state index in [9.17, 15) is 5.11 Å². The Bertz CT molecular complexity index is 595. The highest BCUT2D eigenvalue weighted by atomic mass is 16.3. The number of nitrogens with one attached hydrogen (secondary N) is 1. The van der Waals surface area contributed by atoms with Gasteiger partial charge in [0.1, 0.15) is 5.75 Å². The van der Waals surface area contributed by atoms with Gasteiger partial charge < -0.3 is 10.4 Å². The van der Waals surface area contributed by atoms with Crippen molar-refractivity contribution in [1.82, 2.24) is 15.3 Å². The van der Waals surface area contributed by atoms with Gasteiger partial charge in [0.25, 0.3) is 0 Å². The molecule has 0 amide bonds. The average molecular weight is 269 g/mol. The molecule has 0 aliphatic heterocycles. The summed E-state index contributed by atoms with van der Waals surface area (Å²) in [6.45, 7) is 3.09. The maximum Gasteiger partial charge on any atom is 0.159 e. The van der Waals surface area contributed by atoms with Crippen molar-refractivity contribution >= 4 is 0 Å². The van der Waals surface area contributed by atoms with E-state index in [0.29, 0.717) is 6.04 Å². The minimum absolute atomic E-state index is 0.263. The number of hydrogen-bond donors (Lipinski definition) is 2. The molecule has 1 atom stereocenters. The molecule has 1 heterocycles. The fourth-order valence-electron chi connectivity index (χ4n) is 2.75. The normalized spacial score (nSPS) is 17.8. The first-order valence-electron chi connectivity index (χ1n) is 7.16. The molecule has 1 unspecified atom stereocenters. The van der Waals surface area contributed by atoms with Crippen LogP contribution in [0, 0.1) is 0 Å². The summed E-state index contributed by atoms with van der Waals surface area (Å²) in [5, 5.41) is 12.8. The van der Waals surface area contributed by atoms with Crippen molar-refractivity contribution < 1.29 is 5.11 Å². The van der Waals surface area contributed by atoms with Crippen LogP contribution in [0.5, 0.6) is 5.75 Å². The molecule has 1 aliphatic rings. The molecule has 1 aliphatic carbocycles. The lowest BCUT2D eigenvalue weighted by Crippen LogP contribution is -2.25. The third-order valence-electron chi connectivity index (χ3n) is 3.76. The van der Waals surface area contributed by atoms with Crippen LogP contribution in [0.4, 0.5) is 0 Å². The summed E-state index contributed by atoms with van der Waals surface area (Å²) in [6, 6.07) is 7.42. The predicted octanol–water partition coefficient (Wildman–Crippen LogP) is 2.84. The van der Waals surface area contributed by atoms with Crippen LogP contribution in [0.2, 0.25) is 0 Å². The van der Waals surface area contributed by atoms with E-state index in [2.05, 4.69) is 17.2 Å². The SMILES string of the molecule is CCNC1CCCc2nc(-c3ccc(O)cc3)ncc21. The molecule has 2 aromatic rings. The zero-order chi connectivity index (χ0) is 13.9. The van der Waals surface area contributed by atoms with Gasteiger partial charge in [-0.2, -0.15) is 0 Å². The molecule has 4 heteroatoms. The highest BCUT2D eigenvalue weighted by Gasteiger charge is 2.21. The largest absolute Gasteiger partial charge is 0.508 e. The van der Waals surface area contributed by atoms with Crippen LogP contribution in [0.3, 0.4) is 0 Å². The van der Waals surface area contributed by atoms with Gasteiger partial charge in [0.05, 0.1) is 0 Å². The summed E-state index contributed by atoms with van der Waals surface area (Å²) >= 11 is 0. The third kappa shape index (κ3) is 2.51. The molecule has 0 radical (unpaired) electrons. The molecule has 0 fully saturated rings. The molecule has 1 aromatic heterocycles. The first kappa shape index (κ1) is 13.1. The van der Waals surface area contributed by atoms with Gasteiger partial charge in [0.15, 0.2) is 5.82 Å². The van der Waals surface area contributed by atoms with Crippen LogP contribution >= 0.6 is 0 Å². The summed E-state index contributed by atoms with van der Waals surface area (Å²) < 4.78 is 0. The molecule has 1 aromatic carbocycles. The zero-order valence-corrected chi connectivity index (χ0v) is 11.6. The molecule has 0 saturated carbocycles. The van der Waals surface area contributed by atoms with Crippen LogP contribution in [-0.4, -0.2) is 21.6 Å². The van der Waals surface area contributed by atoms with E-state index in [1.54, 1.807) is 12.1 Å². The summed E-state index contributed by atoms with van der Waals surface area (Å²) in [5.41, 5.74) is 3.33. The number of aromatic hydroxyl groups is 1. The van der Waals surface area contributed by atoms with E-state index < -0.39 is 0 Å². The van der Waals surface area contributed by atoms with Gasteiger partial charge in [-0.25, -0.2) is 9.97 Å². The van der Waals surface area contributed by atoms with E-state index in [-0.39, 0.29) is 5.75 Å². The topological polar surface area (TPSA) is 58.0 Å². The average Bonchev–Trinajstić information content (AvgIpc) is 2.48. The second-order valence-corrected chi connectivity index (χ2v) is 5.15. The Kier molecular flexibility index (Phi) is 3.65. The minimum Gasteiger partial charge on any atom is -0.508 e. The lowest BCUT2D eigenvalue weighted by Gasteiger charge is -2.25. The zero-order valence-electron chi connectivity index (χ0n) is 11.6. The number of aromatic nitrogens is 2. The molecule has 4 nitrogen and oxygen atoms in total. The number of rotatable bonds is 3. The number of fused-ring (bicyclic) bond motifs is 1. The third-order valence-corrected chi connectivity index (χ3v) is 3.76. The van der Waals surface area contributed by atoms with E-state index in [1.165, 1.54) is 5.56 Å². The van der Waals surface area contributed by atoms with Crippen molar-refractivity contribution in [2.24, 2.45) is 0 Å². The number of aryl methyl sites for hydroxylation is 1. The number of nitrogens with zero attached hydrogens (tertiary/aromatic N) is 2. The van der Waals surface area contributed by atoms with Gasteiger partial charge >= 0.3 is 0 Å². The Labute approximate surface area is 118 Å². The summed E-state index contributed by atoms with van der Waals surface area (Å²) in [5.74, 6) is 1.000. The smallest absolute Gasteiger partial charge is 0.159 e. The van der Waals surface area contributed by atoms with Gasteiger partial charge in [-0.05, 0) is 50.1 Å². The molecular formula is C16H19N3O. The minimum atomic E-state index is 0.263. The molecule has 3 rings (SSSR count). The van der Waals surface area contributed by atoms with Crippen molar-refractivity contribution in [2.75, 3.05) is 6.54 Å². The van der Waals surface area contributed by atoms with Crippen LogP contribution in [0.15, 0.2) is 30.5 Å².